The largest absolute Gasteiger partial charge is 0.476 e. The van der Waals surface area contributed by atoms with Gasteiger partial charge in [0.2, 0.25) is 0 Å². The van der Waals surface area contributed by atoms with Gasteiger partial charge in [-0.2, -0.15) is 0 Å². The van der Waals surface area contributed by atoms with Gasteiger partial charge in [0.1, 0.15) is 0 Å². The van der Waals surface area contributed by atoms with Crippen molar-refractivity contribution in [2.24, 2.45) is 5.92 Å². The summed E-state index contributed by atoms with van der Waals surface area (Å²) in [7, 11) is 0. The van der Waals surface area contributed by atoms with Gasteiger partial charge < -0.3 is 10.2 Å². The number of aromatic carboxylic acids is 1. The summed E-state index contributed by atoms with van der Waals surface area (Å²) in [5.74, 6) is -0.492. The van der Waals surface area contributed by atoms with Crippen LogP contribution >= 0.6 is 0 Å². The first kappa shape index (κ1) is 12.0. The molecule has 1 aliphatic rings. The second-order valence-electron chi connectivity index (χ2n) is 4.67. The summed E-state index contributed by atoms with van der Waals surface area (Å²) in [6.07, 6.45) is 6.53. The topological polar surface area (TPSA) is 88.2 Å². The van der Waals surface area contributed by atoms with E-state index in [0.717, 1.165) is 6.42 Å². The minimum absolute atomic E-state index is 0.0851. The molecule has 1 fully saturated rings. The molecule has 1 aromatic heterocycles. The third kappa shape index (κ3) is 3.26. The molecule has 0 aromatic carbocycles. The van der Waals surface area contributed by atoms with Crippen LogP contribution in [0.15, 0.2) is 6.20 Å². The highest BCUT2D eigenvalue weighted by Gasteiger charge is 2.19. The number of carboxylic acid groups (broad SMARTS) is 1. The number of rotatable bonds is 5. The number of aliphatic hydroxyl groups excluding tert-OH is 1. The van der Waals surface area contributed by atoms with Gasteiger partial charge in [-0.15, -0.1) is 5.10 Å². The summed E-state index contributed by atoms with van der Waals surface area (Å²) < 4.78 is 1.39. The van der Waals surface area contributed by atoms with Gasteiger partial charge in [-0.3, -0.25) is 0 Å². The van der Waals surface area contributed by atoms with Gasteiger partial charge in [0.05, 0.1) is 18.8 Å². The van der Waals surface area contributed by atoms with Gasteiger partial charge in [0.25, 0.3) is 0 Å². The molecular weight excluding hydrogens is 222 g/mol. The molecule has 6 heteroatoms. The van der Waals surface area contributed by atoms with Crippen molar-refractivity contribution in [3.8, 4) is 0 Å². The van der Waals surface area contributed by atoms with Crippen molar-refractivity contribution < 1.29 is 15.0 Å². The van der Waals surface area contributed by atoms with Gasteiger partial charge in [0, 0.05) is 0 Å². The average molecular weight is 239 g/mol. The van der Waals surface area contributed by atoms with Crippen LogP contribution in [0.3, 0.4) is 0 Å². The normalized spacial score (nSPS) is 18.4. The van der Waals surface area contributed by atoms with E-state index in [0.29, 0.717) is 12.5 Å². The van der Waals surface area contributed by atoms with Crippen LogP contribution in [0.4, 0.5) is 0 Å². The Morgan fingerprint density at radius 3 is 2.82 bits per heavy atom. The van der Waals surface area contributed by atoms with Gasteiger partial charge >= 0.3 is 5.97 Å². The van der Waals surface area contributed by atoms with Gasteiger partial charge in [0.15, 0.2) is 5.69 Å². The maximum absolute atomic E-state index is 10.6. The fourth-order valence-corrected chi connectivity index (χ4v) is 2.41. The van der Waals surface area contributed by atoms with Gasteiger partial charge in [-0.05, 0) is 12.3 Å². The Balaban J connectivity index is 1.84. The molecule has 0 amide bonds. The smallest absolute Gasteiger partial charge is 0.358 e. The van der Waals surface area contributed by atoms with Crippen LogP contribution in [0, 0.1) is 5.92 Å². The molecule has 94 valence electrons. The van der Waals surface area contributed by atoms with Crippen molar-refractivity contribution in [2.75, 3.05) is 0 Å². The predicted molar refractivity (Wildman–Crippen MR) is 59.6 cm³/mol. The molecule has 2 N–H and O–H groups in total. The molecule has 0 spiro atoms. The van der Waals surface area contributed by atoms with E-state index in [1.807, 2.05) is 0 Å². The highest BCUT2D eigenvalue weighted by atomic mass is 16.4. The van der Waals surface area contributed by atoms with E-state index in [1.165, 1.54) is 36.6 Å². The molecule has 0 radical (unpaired) electrons. The summed E-state index contributed by atoms with van der Waals surface area (Å²) in [5.41, 5.74) is -0.0851. The third-order valence-corrected chi connectivity index (χ3v) is 3.24. The lowest BCUT2D eigenvalue weighted by Gasteiger charge is -2.14. The monoisotopic (exact) mass is 239 g/mol. The van der Waals surface area contributed by atoms with Crippen molar-refractivity contribution >= 4 is 5.97 Å². The number of aliphatic hydroxyl groups is 1. The van der Waals surface area contributed by atoms with Crippen molar-refractivity contribution in [2.45, 2.75) is 44.8 Å². The van der Waals surface area contributed by atoms with E-state index in [1.54, 1.807) is 0 Å². The Kier molecular flexibility index (Phi) is 3.73. The number of carbonyl (C=O) groups is 1. The predicted octanol–water partition coefficient (Wildman–Crippen LogP) is 0.917. The lowest BCUT2D eigenvalue weighted by Crippen LogP contribution is -2.19. The van der Waals surface area contributed by atoms with Crippen LogP contribution in [0.5, 0.6) is 0 Å². The minimum atomic E-state index is -1.10. The van der Waals surface area contributed by atoms with E-state index in [9.17, 15) is 9.90 Å². The molecule has 1 atom stereocenters. The highest BCUT2D eigenvalue weighted by molar-refractivity contribution is 5.84. The van der Waals surface area contributed by atoms with Crippen LogP contribution in [-0.4, -0.2) is 37.3 Å². The summed E-state index contributed by atoms with van der Waals surface area (Å²) >= 11 is 0. The number of aromatic nitrogens is 3. The van der Waals surface area contributed by atoms with Crippen LogP contribution < -0.4 is 0 Å². The summed E-state index contributed by atoms with van der Waals surface area (Å²) in [4.78, 5) is 10.6. The van der Waals surface area contributed by atoms with Crippen molar-refractivity contribution in [3.05, 3.63) is 11.9 Å². The molecule has 1 heterocycles. The van der Waals surface area contributed by atoms with E-state index in [2.05, 4.69) is 10.3 Å². The average Bonchev–Trinajstić information content (AvgIpc) is 2.88. The Morgan fingerprint density at radius 1 is 1.53 bits per heavy atom. The molecule has 1 aromatic rings. The summed E-state index contributed by atoms with van der Waals surface area (Å²) in [6, 6.07) is 0. The standard InChI is InChI=1S/C11H17N3O3/c15-9(5-8-3-1-2-4-8)6-14-7-10(11(16)17)12-13-14/h7-9,15H,1-6H2,(H,16,17). The molecule has 0 bridgehead atoms. The van der Waals surface area contributed by atoms with Crippen molar-refractivity contribution in [3.63, 3.8) is 0 Å². The zero-order chi connectivity index (χ0) is 12.3. The van der Waals surface area contributed by atoms with E-state index >= 15 is 0 Å². The minimum Gasteiger partial charge on any atom is -0.476 e. The first-order valence-corrected chi connectivity index (χ1v) is 5.96. The Hall–Kier alpha value is -1.43. The van der Waals surface area contributed by atoms with E-state index < -0.39 is 12.1 Å². The van der Waals surface area contributed by atoms with Crippen LogP contribution in [-0.2, 0) is 6.54 Å². The fraction of sp³-hybridized carbons (Fsp3) is 0.727. The molecule has 6 nitrogen and oxygen atoms in total. The molecular formula is C11H17N3O3. The Morgan fingerprint density at radius 2 is 2.24 bits per heavy atom. The summed E-state index contributed by atoms with van der Waals surface area (Å²) in [6.45, 7) is 0.316. The second kappa shape index (κ2) is 5.27. The van der Waals surface area contributed by atoms with Crippen LogP contribution in [0.1, 0.15) is 42.6 Å². The highest BCUT2D eigenvalue weighted by Crippen LogP contribution is 2.28. The fourth-order valence-electron chi connectivity index (χ4n) is 2.41. The number of hydrogen-bond acceptors (Lipinski definition) is 4. The molecule has 1 aliphatic carbocycles. The molecule has 0 saturated heterocycles. The molecule has 2 rings (SSSR count). The van der Waals surface area contributed by atoms with Crippen molar-refractivity contribution in [1.82, 2.24) is 15.0 Å². The third-order valence-electron chi connectivity index (χ3n) is 3.24. The second-order valence-corrected chi connectivity index (χ2v) is 4.67. The van der Waals surface area contributed by atoms with E-state index in [4.69, 9.17) is 5.11 Å². The zero-order valence-corrected chi connectivity index (χ0v) is 9.62. The Bertz CT molecular complexity index is 385. The number of hydrogen-bond donors (Lipinski definition) is 2. The molecule has 17 heavy (non-hydrogen) atoms. The van der Waals surface area contributed by atoms with Crippen LogP contribution in [0.25, 0.3) is 0 Å². The van der Waals surface area contributed by atoms with Gasteiger partial charge in [-0.25, -0.2) is 9.48 Å². The van der Waals surface area contributed by atoms with Gasteiger partial charge in [-0.1, -0.05) is 30.9 Å². The number of carboxylic acids is 1. The Labute approximate surface area is 99.3 Å². The SMILES string of the molecule is O=C(O)c1cn(CC(O)CC2CCCC2)nn1. The van der Waals surface area contributed by atoms with Crippen LogP contribution in [0.2, 0.25) is 0 Å². The zero-order valence-electron chi connectivity index (χ0n) is 9.62. The quantitative estimate of drug-likeness (QED) is 0.797. The molecule has 1 unspecified atom stereocenters. The lowest BCUT2D eigenvalue weighted by atomic mass is 10.0. The number of nitrogens with zero attached hydrogens (tertiary/aromatic N) is 3. The maximum atomic E-state index is 10.6. The van der Waals surface area contributed by atoms with E-state index in [-0.39, 0.29) is 5.69 Å². The summed E-state index contributed by atoms with van der Waals surface area (Å²) in [5, 5.41) is 25.7. The first-order chi connectivity index (χ1) is 8.15. The van der Waals surface area contributed by atoms with Crippen molar-refractivity contribution in [1.29, 1.82) is 0 Å². The molecule has 0 aliphatic heterocycles. The lowest BCUT2D eigenvalue weighted by molar-refractivity contribution is 0.0690. The maximum Gasteiger partial charge on any atom is 0.358 e. The first-order valence-electron chi connectivity index (χ1n) is 5.96. The molecule has 1 saturated carbocycles.